The molecule has 2 aromatic rings. The van der Waals surface area contributed by atoms with Crippen molar-refractivity contribution in [1.29, 1.82) is 0 Å². The van der Waals surface area contributed by atoms with Crippen molar-refractivity contribution in [2.24, 2.45) is 0 Å². The van der Waals surface area contributed by atoms with Crippen molar-refractivity contribution in [3.05, 3.63) is 52.7 Å². The van der Waals surface area contributed by atoms with Gasteiger partial charge in [-0.15, -0.1) is 11.3 Å². The zero-order chi connectivity index (χ0) is 14.9. The first-order chi connectivity index (χ1) is 10.3. The highest BCUT2D eigenvalue weighted by Crippen LogP contribution is 2.08. The molecule has 2 amide bonds. The van der Waals surface area contributed by atoms with Crippen molar-refractivity contribution < 1.29 is 9.00 Å². The van der Waals surface area contributed by atoms with E-state index in [4.69, 9.17) is 0 Å². The Bertz CT molecular complexity index is 571. The number of benzene rings is 1. The van der Waals surface area contributed by atoms with Crippen LogP contribution in [0.25, 0.3) is 0 Å². The van der Waals surface area contributed by atoms with Gasteiger partial charge in [0.1, 0.15) is 0 Å². The van der Waals surface area contributed by atoms with E-state index in [-0.39, 0.29) is 6.03 Å². The van der Waals surface area contributed by atoms with Crippen molar-refractivity contribution >= 4 is 28.2 Å². The van der Waals surface area contributed by atoms with Crippen LogP contribution in [0.2, 0.25) is 0 Å². The first-order valence-corrected chi connectivity index (χ1v) is 8.93. The van der Waals surface area contributed by atoms with Gasteiger partial charge in [0.2, 0.25) is 0 Å². The van der Waals surface area contributed by atoms with Gasteiger partial charge >= 0.3 is 6.03 Å². The summed E-state index contributed by atoms with van der Waals surface area (Å²) >= 11 is 1.68. The molecule has 0 saturated carbocycles. The van der Waals surface area contributed by atoms with E-state index in [1.165, 1.54) is 4.88 Å². The molecule has 2 N–H and O–H groups in total. The van der Waals surface area contributed by atoms with Gasteiger partial charge < -0.3 is 10.6 Å². The lowest BCUT2D eigenvalue weighted by Crippen LogP contribution is -2.38. The standard InChI is InChI=1S/C15H18N2O2S2/c18-15(16-9-8-13-5-4-11-20-13)17-10-12-21(19)14-6-2-1-3-7-14/h1-7,11H,8-10,12H2,(H2,16,17,18)/t21-/m0/s1. The van der Waals surface area contributed by atoms with Crippen molar-refractivity contribution in [3.8, 4) is 0 Å². The van der Waals surface area contributed by atoms with Crippen LogP contribution < -0.4 is 10.6 Å². The Morgan fingerprint density at radius 3 is 2.52 bits per heavy atom. The lowest BCUT2D eigenvalue weighted by molar-refractivity contribution is 0.241. The minimum absolute atomic E-state index is 0.211. The topological polar surface area (TPSA) is 58.2 Å². The van der Waals surface area contributed by atoms with Crippen LogP contribution in [0.5, 0.6) is 0 Å². The number of hydrogen-bond acceptors (Lipinski definition) is 3. The summed E-state index contributed by atoms with van der Waals surface area (Å²) in [5.41, 5.74) is 0. The molecule has 0 fully saturated rings. The molecule has 4 nitrogen and oxygen atoms in total. The second-order valence-electron chi connectivity index (χ2n) is 4.37. The summed E-state index contributed by atoms with van der Waals surface area (Å²) in [5, 5.41) is 7.54. The molecule has 0 spiro atoms. The Morgan fingerprint density at radius 1 is 1.05 bits per heavy atom. The van der Waals surface area contributed by atoms with Crippen molar-refractivity contribution in [1.82, 2.24) is 10.6 Å². The van der Waals surface area contributed by atoms with E-state index < -0.39 is 10.8 Å². The third-order valence-corrected chi connectivity index (χ3v) is 5.13. The molecule has 21 heavy (non-hydrogen) atoms. The van der Waals surface area contributed by atoms with E-state index in [9.17, 15) is 9.00 Å². The lowest BCUT2D eigenvalue weighted by atomic mass is 10.3. The van der Waals surface area contributed by atoms with Crippen LogP contribution in [-0.2, 0) is 17.2 Å². The first-order valence-electron chi connectivity index (χ1n) is 6.73. The highest BCUT2D eigenvalue weighted by Gasteiger charge is 2.04. The summed E-state index contributed by atoms with van der Waals surface area (Å²) in [6, 6.07) is 13.1. The van der Waals surface area contributed by atoms with Crippen LogP contribution in [0.15, 0.2) is 52.7 Å². The number of thiophene rings is 1. The van der Waals surface area contributed by atoms with Gasteiger partial charge in [0.25, 0.3) is 0 Å². The SMILES string of the molecule is O=C(NCCc1cccs1)NCC[S@](=O)c1ccccc1. The molecular weight excluding hydrogens is 304 g/mol. The Balaban J connectivity index is 1.60. The highest BCUT2D eigenvalue weighted by atomic mass is 32.2. The van der Waals surface area contributed by atoms with Gasteiger partial charge in [-0.1, -0.05) is 24.3 Å². The molecule has 1 atom stereocenters. The van der Waals surface area contributed by atoms with Crippen LogP contribution in [-0.4, -0.2) is 29.1 Å². The summed E-state index contributed by atoms with van der Waals surface area (Å²) in [6.45, 7) is 1.00. The quantitative estimate of drug-likeness (QED) is 0.822. The predicted octanol–water partition coefficient (Wildman–Crippen LogP) is 2.40. The van der Waals surface area contributed by atoms with Gasteiger partial charge in [0, 0.05) is 28.6 Å². The maximum atomic E-state index is 11.9. The third kappa shape index (κ3) is 5.69. The Morgan fingerprint density at radius 2 is 1.81 bits per heavy atom. The largest absolute Gasteiger partial charge is 0.338 e. The van der Waals surface area contributed by atoms with Crippen LogP contribution >= 0.6 is 11.3 Å². The van der Waals surface area contributed by atoms with Crippen LogP contribution in [0.4, 0.5) is 4.79 Å². The molecular formula is C15H18N2O2S2. The monoisotopic (exact) mass is 322 g/mol. The van der Waals surface area contributed by atoms with E-state index in [0.717, 1.165) is 11.3 Å². The zero-order valence-corrected chi connectivity index (χ0v) is 13.2. The predicted molar refractivity (Wildman–Crippen MR) is 87.1 cm³/mol. The number of hydrogen-bond donors (Lipinski definition) is 2. The van der Waals surface area contributed by atoms with Gasteiger partial charge in [-0.2, -0.15) is 0 Å². The summed E-state index contributed by atoms with van der Waals surface area (Å²) in [5.74, 6) is 0.419. The molecule has 2 rings (SSSR count). The minimum atomic E-state index is -1.07. The van der Waals surface area contributed by atoms with Crippen LogP contribution in [0, 0.1) is 0 Å². The lowest BCUT2D eigenvalue weighted by Gasteiger charge is -2.07. The number of carbonyl (C=O) groups excluding carboxylic acids is 1. The molecule has 0 aliphatic carbocycles. The van der Waals surface area contributed by atoms with Gasteiger partial charge in [-0.3, -0.25) is 4.21 Å². The van der Waals surface area contributed by atoms with Gasteiger partial charge in [-0.25, -0.2) is 4.79 Å². The van der Waals surface area contributed by atoms with Gasteiger partial charge in [0.05, 0.1) is 10.8 Å². The highest BCUT2D eigenvalue weighted by molar-refractivity contribution is 7.85. The smallest absolute Gasteiger partial charge is 0.314 e. The van der Waals surface area contributed by atoms with Crippen LogP contribution in [0.3, 0.4) is 0 Å². The molecule has 0 aliphatic rings. The number of urea groups is 1. The van der Waals surface area contributed by atoms with E-state index in [1.807, 2.05) is 47.8 Å². The Hall–Kier alpha value is -1.66. The normalized spacial score (nSPS) is 11.8. The second-order valence-corrected chi connectivity index (χ2v) is 6.98. The fourth-order valence-corrected chi connectivity index (χ4v) is 3.46. The Kier molecular flexibility index (Phi) is 6.43. The summed E-state index contributed by atoms with van der Waals surface area (Å²) in [4.78, 5) is 13.6. The van der Waals surface area contributed by atoms with Crippen LogP contribution in [0.1, 0.15) is 4.88 Å². The van der Waals surface area contributed by atoms with E-state index >= 15 is 0 Å². The minimum Gasteiger partial charge on any atom is -0.338 e. The van der Waals surface area contributed by atoms with Gasteiger partial charge in [0.15, 0.2) is 0 Å². The third-order valence-electron chi connectivity index (χ3n) is 2.82. The molecule has 112 valence electrons. The van der Waals surface area contributed by atoms with Gasteiger partial charge in [-0.05, 0) is 30.0 Å². The molecule has 0 aliphatic heterocycles. The number of nitrogens with one attached hydrogen (secondary N) is 2. The molecule has 1 aromatic heterocycles. The molecule has 6 heteroatoms. The molecule has 0 saturated heterocycles. The fourth-order valence-electron chi connectivity index (χ4n) is 1.76. The molecule has 1 aromatic carbocycles. The second kappa shape index (κ2) is 8.59. The maximum Gasteiger partial charge on any atom is 0.314 e. The van der Waals surface area contributed by atoms with Crippen molar-refractivity contribution in [2.75, 3.05) is 18.8 Å². The van der Waals surface area contributed by atoms with Crippen molar-refractivity contribution in [2.45, 2.75) is 11.3 Å². The number of carbonyl (C=O) groups is 1. The summed E-state index contributed by atoms with van der Waals surface area (Å²) < 4.78 is 11.9. The zero-order valence-electron chi connectivity index (χ0n) is 11.6. The first kappa shape index (κ1) is 15.7. The molecule has 0 radical (unpaired) electrons. The fraction of sp³-hybridized carbons (Fsp3) is 0.267. The van der Waals surface area contributed by atoms with E-state index in [0.29, 0.717) is 18.8 Å². The average molecular weight is 322 g/mol. The summed E-state index contributed by atoms with van der Waals surface area (Å²) in [7, 11) is -1.07. The average Bonchev–Trinajstić information content (AvgIpc) is 3.01. The maximum absolute atomic E-state index is 11.9. The molecule has 1 heterocycles. The molecule has 0 unspecified atom stereocenters. The summed E-state index contributed by atoms with van der Waals surface area (Å²) in [6.07, 6.45) is 0.834. The Labute approximate surface area is 131 Å². The van der Waals surface area contributed by atoms with E-state index in [1.54, 1.807) is 11.3 Å². The van der Waals surface area contributed by atoms with E-state index in [2.05, 4.69) is 10.6 Å². The number of rotatable bonds is 7. The molecule has 0 bridgehead atoms. The number of amides is 2. The van der Waals surface area contributed by atoms with Crippen molar-refractivity contribution in [3.63, 3.8) is 0 Å².